The van der Waals surface area contributed by atoms with Gasteiger partial charge in [0.15, 0.2) is 0 Å². The SMILES string of the molecule is CCN(CC1(CNC(C)C)CCOC1)c1ccccc1. The van der Waals surface area contributed by atoms with E-state index in [0.29, 0.717) is 6.04 Å². The maximum atomic E-state index is 5.71. The first-order chi connectivity index (χ1) is 9.65. The molecule has 112 valence electrons. The van der Waals surface area contributed by atoms with Crippen molar-refractivity contribution >= 4 is 5.69 Å². The molecular weight excluding hydrogens is 248 g/mol. The fourth-order valence-corrected chi connectivity index (χ4v) is 2.82. The Labute approximate surface area is 123 Å². The Morgan fingerprint density at radius 2 is 2.05 bits per heavy atom. The molecule has 0 saturated carbocycles. The number of ether oxygens (including phenoxy) is 1. The molecule has 1 unspecified atom stereocenters. The van der Waals surface area contributed by atoms with E-state index in [1.807, 2.05) is 0 Å². The average Bonchev–Trinajstić information content (AvgIpc) is 2.93. The van der Waals surface area contributed by atoms with Crippen molar-refractivity contribution in [2.45, 2.75) is 33.2 Å². The van der Waals surface area contributed by atoms with Gasteiger partial charge in [0.1, 0.15) is 0 Å². The van der Waals surface area contributed by atoms with Crippen molar-refractivity contribution < 1.29 is 4.74 Å². The lowest BCUT2D eigenvalue weighted by Crippen LogP contribution is -2.46. The minimum absolute atomic E-state index is 0.246. The van der Waals surface area contributed by atoms with Gasteiger partial charge >= 0.3 is 0 Å². The molecule has 1 aromatic carbocycles. The van der Waals surface area contributed by atoms with Crippen molar-refractivity contribution in [3.8, 4) is 0 Å². The maximum absolute atomic E-state index is 5.71. The lowest BCUT2D eigenvalue weighted by molar-refractivity contribution is 0.150. The smallest absolute Gasteiger partial charge is 0.0552 e. The molecule has 1 aliphatic rings. The first kappa shape index (κ1) is 15.3. The van der Waals surface area contributed by atoms with Gasteiger partial charge < -0.3 is 15.0 Å². The normalized spacial score (nSPS) is 22.4. The van der Waals surface area contributed by atoms with E-state index in [2.05, 4.69) is 61.3 Å². The van der Waals surface area contributed by atoms with Gasteiger partial charge in [-0.05, 0) is 25.5 Å². The molecule has 1 atom stereocenters. The Bertz CT molecular complexity index is 385. The number of rotatable bonds is 7. The van der Waals surface area contributed by atoms with Crippen LogP contribution in [0, 0.1) is 5.41 Å². The van der Waals surface area contributed by atoms with Crippen LogP contribution in [0.3, 0.4) is 0 Å². The molecule has 20 heavy (non-hydrogen) atoms. The van der Waals surface area contributed by atoms with Crippen molar-refractivity contribution in [1.82, 2.24) is 5.32 Å². The Kier molecular flexibility index (Phi) is 5.44. The molecule has 1 aliphatic heterocycles. The summed E-state index contributed by atoms with van der Waals surface area (Å²) in [6.07, 6.45) is 1.15. The number of anilines is 1. The van der Waals surface area contributed by atoms with Gasteiger partial charge in [0, 0.05) is 43.4 Å². The number of para-hydroxylation sites is 1. The quantitative estimate of drug-likeness (QED) is 0.829. The second-order valence-electron chi connectivity index (χ2n) is 6.19. The minimum atomic E-state index is 0.246. The molecule has 1 N–H and O–H groups in total. The molecule has 0 aromatic heterocycles. The predicted molar refractivity (Wildman–Crippen MR) is 85.3 cm³/mol. The first-order valence-electron chi connectivity index (χ1n) is 7.76. The Balaban J connectivity index is 2.06. The van der Waals surface area contributed by atoms with Gasteiger partial charge in [0.05, 0.1) is 6.61 Å². The van der Waals surface area contributed by atoms with Crippen molar-refractivity contribution in [2.75, 3.05) is 37.7 Å². The molecule has 0 spiro atoms. The summed E-state index contributed by atoms with van der Waals surface area (Å²) in [7, 11) is 0. The van der Waals surface area contributed by atoms with E-state index >= 15 is 0 Å². The summed E-state index contributed by atoms with van der Waals surface area (Å²) in [5.74, 6) is 0. The van der Waals surface area contributed by atoms with Crippen molar-refractivity contribution in [3.05, 3.63) is 30.3 Å². The Morgan fingerprint density at radius 3 is 2.60 bits per heavy atom. The van der Waals surface area contributed by atoms with E-state index in [-0.39, 0.29) is 5.41 Å². The molecule has 1 fully saturated rings. The van der Waals surface area contributed by atoms with Crippen LogP contribution in [-0.2, 0) is 4.74 Å². The summed E-state index contributed by atoms with van der Waals surface area (Å²) in [6.45, 7) is 11.5. The van der Waals surface area contributed by atoms with Crippen molar-refractivity contribution in [1.29, 1.82) is 0 Å². The number of nitrogens with one attached hydrogen (secondary N) is 1. The molecule has 1 heterocycles. The molecule has 0 radical (unpaired) electrons. The third-order valence-corrected chi connectivity index (χ3v) is 4.10. The van der Waals surface area contributed by atoms with Crippen molar-refractivity contribution in [2.24, 2.45) is 5.41 Å². The van der Waals surface area contributed by atoms with Gasteiger partial charge in [0.25, 0.3) is 0 Å². The number of hydrogen-bond acceptors (Lipinski definition) is 3. The number of nitrogens with zero attached hydrogens (tertiary/aromatic N) is 1. The van der Waals surface area contributed by atoms with E-state index in [9.17, 15) is 0 Å². The third-order valence-electron chi connectivity index (χ3n) is 4.10. The summed E-state index contributed by atoms with van der Waals surface area (Å²) >= 11 is 0. The van der Waals surface area contributed by atoms with Crippen LogP contribution < -0.4 is 10.2 Å². The zero-order chi connectivity index (χ0) is 14.4. The molecule has 0 aliphatic carbocycles. The first-order valence-corrected chi connectivity index (χ1v) is 7.76. The van der Waals surface area contributed by atoms with E-state index in [0.717, 1.165) is 39.3 Å². The van der Waals surface area contributed by atoms with Gasteiger partial charge in [-0.1, -0.05) is 32.0 Å². The predicted octanol–water partition coefficient (Wildman–Crippen LogP) is 2.92. The molecular formula is C17H28N2O. The topological polar surface area (TPSA) is 24.5 Å². The second kappa shape index (κ2) is 7.09. The molecule has 2 rings (SSSR count). The highest BCUT2D eigenvalue weighted by molar-refractivity contribution is 5.46. The van der Waals surface area contributed by atoms with E-state index < -0.39 is 0 Å². The van der Waals surface area contributed by atoms with E-state index in [4.69, 9.17) is 4.74 Å². The lowest BCUT2D eigenvalue weighted by atomic mass is 9.86. The molecule has 3 heteroatoms. The summed E-state index contributed by atoms with van der Waals surface area (Å²) in [4.78, 5) is 2.47. The van der Waals surface area contributed by atoms with Crippen LogP contribution in [0.1, 0.15) is 27.2 Å². The standard InChI is InChI=1S/C17H28N2O/c1-4-19(16-8-6-5-7-9-16)13-17(10-11-20-14-17)12-18-15(2)3/h5-9,15,18H,4,10-14H2,1-3H3. The highest BCUT2D eigenvalue weighted by Gasteiger charge is 2.36. The van der Waals surface area contributed by atoms with E-state index in [1.54, 1.807) is 0 Å². The monoisotopic (exact) mass is 276 g/mol. The highest BCUT2D eigenvalue weighted by atomic mass is 16.5. The molecule has 1 saturated heterocycles. The largest absolute Gasteiger partial charge is 0.381 e. The van der Waals surface area contributed by atoms with E-state index in [1.165, 1.54) is 5.69 Å². The summed E-state index contributed by atoms with van der Waals surface area (Å²) in [6, 6.07) is 11.2. The molecule has 3 nitrogen and oxygen atoms in total. The lowest BCUT2D eigenvalue weighted by Gasteiger charge is -2.36. The zero-order valence-electron chi connectivity index (χ0n) is 13.1. The zero-order valence-corrected chi connectivity index (χ0v) is 13.1. The van der Waals surface area contributed by atoms with Gasteiger partial charge in [0.2, 0.25) is 0 Å². The Hall–Kier alpha value is -1.06. The summed E-state index contributed by atoms with van der Waals surface area (Å²) in [5.41, 5.74) is 1.56. The van der Waals surface area contributed by atoms with Crippen LogP contribution in [0.25, 0.3) is 0 Å². The average molecular weight is 276 g/mol. The maximum Gasteiger partial charge on any atom is 0.0552 e. The second-order valence-corrected chi connectivity index (χ2v) is 6.19. The number of hydrogen-bond donors (Lipinski definition) is 1. The van der Waals surface area contributed by atoms with Crippen LogP contribution in [0.2, 0.25) is 0 Å². The fraction of sp³-hybridized carbons (Fsp3) is 0.647. The fourth-order valence-electron chi connectivity index (χ4n) is 2.82. The van der Waals surface area contributed by atoms with Gasteiger partial charge in [-0.2, -0.15) is 0 Å². The molecule has 1 aromatic rings. The molecule has 0 amide bonds. The van der Waals surface area contributed by atoms with Crippen LogP contribution in [-0.4, -0.2) is 38.9 Å². The van der Waals surface area contributed by atoms with Gasteiger partial charge in [-0.15, -0.1) is 0 Å². The van der Waals surface area contributed by atoms with Crippen molar-refractivity contribution in [3.63, 3.8) is 0 Å². The molecule has 0 bridgehead atoms. The summed E-state index contributed by atoms with van der Waals surface area (Å²) < 4.78 is 5.71. The van der Waals surface area contributed by atoms with Crippen LogP contribution >= 0.6 is 0 Å². The van der Waals surface area contributed by atoms with Crippen LogP contribution in [0.5, 0.6) is 0 Å². The minimum Gasteiger partial charge on any atom is -0.381 e. The van der Waals surface area contributed by atoms with Crippen LogP contribution in [0.4, 0.5) is 5.69 Å². The van der Waals surface area contributed by atoms with Crippen LogP contribution in [0.15, 0.2) is 30.3 Å². The highest BCUT2D eigenvalue weighted by Crippen LogP contribution is 2.31. The third kappa shape index (κ3) is 3.97. The summed E-state index contributed by atoms with van der Waals surface area (Å²) in [5, 5.41) is 3.60. The number of benzene rings is 1. The van der Waals surface area contributed by atoms with Gasteiger partial charge in [-0.3, -0.25) is 0 Å². The Morgan fingerprint density at radius 1 is 1.30 bits per heavy atom. The van der Waals surface area contributed by atoms with Gasteiger partial charge in [-0.25, -0.2) is 0 Å².